The average Bonchev–Trinajstić information content (AvgIpc) is 2.30. The second-order valence-electron chi connectivity index (χ2n) is 7.03. The van der Waals surface area contributed by atoms with Crippen molar-refractivity contribution in [2.24, 2.45) is 11.3 Å². The molecule has 0 amide bonds. The zero-order valence-corrected chi connectivity index (χ0v) is 14.8. The van der Waals surface area contributed by atoms with Gasteiger partial charge in [-0.05, 0) is 61.4 Å². The minimum Gasteiger partial charge on any atom is -0.317 e. The summed E-state index contributed by atoms with van der Waals surface area (Å²) in [6, 6.07) is 5.29. The van der Waals surface area contributed by atoms with Gasteiger partial charge in [-0.3, -0.25) is 0 Å². The SMILES string of the molecule is CNC(Cc1cc(F)ccc1Br)CC(C)CC(C)(C)C. The first-order chi connectivity index (χ1) is 9.21. The fourth-order valence-corrected chi connectivity index (χ4v) is 3.29. The smallest absolute Gasteiger partial charge is 0.123 e. The van der Waals surface area contributed by atoms with Crippen molar-refractivity contribution in [1.82, 2.24) is 5.32 Å². The van der Waals surface area contributed by atoms with Crippen LogP contribution in [0.1, 0.15) is 46.1 Å². The van der Waals surface area contributed by atoms with Crippen LogP contribution < -0.4 is 5.32 Å². The number of hydrogen-bond donors (Lipinski definition) is 1. The predicted molar refractivity (Wildman–Crippen MR) is 88.5 cm³/mol. The highest BCUT2D eigenvalue weighted by molar-refractivity contribution is 9.10. The molecule has 0 aliphatic carbocycles. The van der Waals surface area contributed by atoms with Gasteiger partial charge in [0.2, 0.25) is 0 Å². The van der Waals surface area contributed by atoms with Crippen molar-refractivity contribution < 1.29 is 4.39 Å². The van der Waals surface area contributed by atoms with E-state index in [1.54, 1.807) is 12.1 Å². The molecular formula is C17H27BrFN. The van der Waals surface area contributed by atoms with Crippen molar-refractivity contribution >= 4 is 15.9 Å². The number of nitrogens with one attached hydrogen (secondary N) is 1. The lowest BCUT2D eigenvalue weighted by Crippen LogP contribution is -2.30. The number of rotatable bonds is 6. The molecule has 1 aromatic rings. The molecular weight excluding hydrogens is 317 g/mol. The Morgan fingerprint density at radius 1 is 1.30 bits per heavy atom. The van der Waals surface area contributed by atoms with Crippen LogP contribution in [-0.4, -0.2) is 13.1 Å². The highest BCUT2D eigenvalue weighted by Crippen LogP contribution is 2.28. The van der Waals surface area contributed by atoms with Crippen LogP contribution in [-0.2, 0) is 6.42 Å². The largest absolute Gasteiger partial charge is 0.317 e. The molecule has 3 heteroatoms. The standard InChI is InChI=1S/C17H27BrFN/c1-12(11-17(2,3)4)8-15(20-5)10-13-9-14(19)6-7-16(13)18/h6-7,9,12,15,20H,8,10-11H2,1-5H3. The molecule has 0 fully saturated rings. The summed E-state index contributed by atoms with van der Waals surface area (Å²) in [5, 5.41) is 3.37. The zero-order chi connectivity index (χ0) is 15.3. The summed E-state index contributed by atoms with van der Waals surface area (Å²) in [7, 11) is 1.99. The molecule has 0 saturated heterocycles. The minimum atomic E-state index is -0.166. The van der Waals surface area contributed by atoms with Gasteiger partial charge in [-0.1, -0.05) is 43.6 Å². The Balaban J connectivity index is 2.65. The van der Waals surface area contributed by atoms with Crippen molar-refractivity contribution in [2.75, 3.05) is 7.05 Å². The minimum absolute atomic E-state index is 0.166. The number of likely N-dealkylation sites (N-methyl/N-ethyl adjacent to an activating group) is 1. The lowest BCUT2D eigenvalue weighted by Gasteiger charge is -2.27. The summed E-state index contributed by atoms with van der Waals surface area (Å²) in [6.45, 7) is 9.14. The quantitative estimate of drug-likeness (QED) is 0.750. The molecule has 1 N–H and O–H groups in total. The molecule has 2 unspecified atom stereocenters. The van der Waals surface area contributed by atoms with Crippen LogP contribution in [0.4, 0.5) is 4.39 Å². The first-order valence-electron chi connectivity index (χ1n) is 7.32. The molecule has 1 aromatic carbocycles. The van der Waals surface area contributed by atoms with E-state index < -0.39 is 0 Å². The second-order valence-corrected chi connectivity index (χ2v) is 7.89. The third-order valence-corrected chi connectivity index (χ3v) is 4.30. The Hall–Kier alpha value is -0.410. The normalized spacial score (nSPS) is 15.2. The predicted octanol–water partition coefficient (Wildman–Crippen LogP) is 5.18. The number of hydrogen-bond acceptors (Lipinski definition) is 1. The maximum absolute atomic E-state index is 13.3. The lowest BCUT2D eigenvalue weighted by atomic mass is 9.82. The third kappa shape index (κ3) is 6.36. The summed E-state index contributed by atoms with van der Waals surface area (Å²) >= 11 is 3.51. The summed E-state index contributed by atoms with van der Waals surface area (Å²) < 4.78 is 14.3. The van der Waals surface area contributed by atoms with Crippen LogP contribution >= 0.6 is 15.9 Å². The maximum atomic E-state index is 13.3. The lowest BCUT2D eigenvalue weighted by molar-refractivity contribution is 0.277. The van der Waals surface area contributed by atoms with Gasteiger partial charge in [-0.2, -0.15) is 0 Å². The van der Waals surface area contributed by atoms with E-state index in [4.69, 9.17) is 0 Å². The molecule has 0 spiro atoms. The first-order valence-corrected chi connectivity index (χ1v) is 8.12. The van der Waals surface area contributed by atoms with E-state index in [1.807, 2.05) is 7.05 Å². The molecule has 0 saturated carbocycles. The second kappa shape index (κ2) is 7.56. The monoisotopic (exact) mass is 343 g/mol. The van der Waals surface area contributed by atoms with Crippen molar-refractivity contribution in [3.63, 3.8) is 0 Å². The summed E-state index contributed by atoms with van der Waals surface area (Å²) in [4.78, 5) is 0. The van der Waals surface area contributed by atoms with Gasteiger partial charge in [0, 0.05) is 10.5 Å². The molecule has 0 aliphatic heterocycles. The molecule has 0 radical (unpaired) electrons. The number of halogens is 2. The fraction of sp³-hybridized carbons (Fsp3) is 0.647. The Morgan fingerprint density at radius 2 is 1.95 bits per heavy atom. The Bertz CT molecular complexity index is 425. The van der Waals surface area contributed by atoms with Gasteiger partial charge in [0.1, 0.15) is 5.82 Å². The Labute approximate surface area is 131 Å². The van der Waals surface area contributed by atoms with E-state index in [0.29, 0.717) is 17.4 Å². The van der Waals surface area contributed by atoms with E-state index >= 15 is 0 Å². The first kappa shape index (κ1) is 17.6. The van der Waals surface area contributed by atoms with E-state index in [2.05, 4.69) is 48.9 Å². The molecule has 1 nitrogen and oxygen atoms in total. The topological polar surface area (TPSA) is 12.0 Å². The van der Waals surface area contributed by atoms with Crippen molar-refractivity contribution in [3.8, 4) is 0 Å². The highest BCUT2D eigenvalue weighted by atomic mass is 79.9. The summed E-state index contributed by atoms with van der Waals surface area (Å²) in [5.74, 6) is 0.487. The van der Waals surface area contributed by atoms with Gasteiger partial charge in [0.15, 0.2) is 0 Å². The van der Waals surface area contributed by atoms with E-state index in [-0.39, 0.29) is 5.82 Å². The van der Waals surface area contributed by atoms with Gasteiger partial charge >= 0.3 is 0 Å². The maximum Gasteiger partial charge on any atom is 0.123 e. The van der Waals surface area contributed by atoms with Gasteiger partial charge < -0.3 is 5.32 Å². The van der Waals surface area contributed by atoms with Crippen LogP contribution in [0.3, 0.4) is 0 Å². The van der Waals surface area contributed by atoms with Crippen molar-refractivity contribution in [1.29, 1.82) is 0 Å². The van der Waals surface area contributed by atoms with Crippen LogP contribution in [0.2, 0.25) is 0 Å². The average molecular weight is 344 g/mol. The van der Waals surface area contributed by atoms with Gasteiger partial charge in [0.05, 0.1) is 0 Å². The molecule has 0 aliphatic rings. The van der Waals surface area contributed by atoms with E-state index in [1.165, 1.54) is 12.5 Å². The van der Waals surface area contributed by atoms with Crippen molar-refractivity contribution in [2.45, 2.75) is 53.0 Å². The molecule has 2 atom stereocenters. The molecule has 1 rings (SSSR count). The number of benzene rings is 1. The van der Waals surface area contributed by atoms with Crippen LogP contribution in [0.25, 0.3) is 0 Å². The Kier molecular flexibility index (Phi) is 6.67. The fourth-order valence-electron chi connectivity index (χ4n) is 2.88. The molecule has 114 valence electrons. The highest BCUT2D eigenvalue weighted by Gasteiger charge is 2.19. The molecule has 0 bridgehead atoms. The summed E-state index contributed by atoms with van der Waals surface area (Å²) in [5.41, 5.74) is 1.39. The van der Waals surface area contributed by atoms with Crippen LogP contribution in [0.15, 0.2) is 22.7 Å². The van der Waals surface area contributed by atoms with Crippen molar-refractivity contribution in [3.05, 3.63) is 34.1 Å². The van der Waals surface area contributed by atoms with Gasteiger partial charge in [-0.25, -0.2) is 4.39 Å². The third-order valence-electron chi connectivity index (χ3n) is 3.53. The Morgan fingerprint density at radius 3 is 2.50 bits per heavy atom. The summed E-state index contributed by atoms with van der Waals surface area (Å²) in [6.07, 6.45) is 3.16. The zero-order valence-electron chi connectivity index (χ0n) is 13.3. The molecule has 20 heavy (non-hydrogen) atoms. The van der Waals surface area contributed by atoms with E-state index in [9.17, 15) is 4.39 Å². The van der Waals surface area contributed by atoms with Crippen LogP contribution in [0.5, 0.6) is 0 Å². The van der Waals surface area contributed by atoms with Gasteiger partial charge in [0.25, 0.3) is 0 Å². The van der Waals surface area contributed by atoms with E-state index in [0.717, 1.165) is 22.9 Å². The van der Waals surface area contributed by atoms with Crippen LogP contribution in [0, 0.1) is 17.2 Å². The van der Waals surface area contributed by atoms with Gasteiger partial charge in [-0.15, -0.1) is 0 Å². The molecule has 0 heterocycles. The molecule has 0 aromatic heterocycles.